The Hall–Kier alpha value is -0.860. The fraction of sp³-hybridized carbons (Fsp3) is 0.905. The maximum absolute atomic E-state index is 11.4. The molecule has 1 unspecified atom stereocenters. The Morgan fingerprint density at radius 1 is 0.667 bits per heavy atom. The lowest BCUT2D eigenvalue weighted by Gasteiger charge is -2.14. The Kier molecular flexibility index (Phi) is 16.4. The molecular formula is C21H41NO2. The molecule has 142 valence electrons. The van der Waals surface area contributed by atoms with Gasteiger partial charge in [-0.05, 0) is 13.3 Å². The van der Waals surface area contributed by atoms with E-state index in [0.29, 0.717) is 0 Å². The highest BCUT2D eigenvalue weighted by Crippen LogP contribution is 2.13. The van der Waals surface area contributed by atoms with Crippen molar-refractivity contribution in [2.45, 2.75) is 123 Å². The van der Waals surface area contributed by atoms with E-state index in [2.05, 4.69) is 12.2 Å². The van der Waals surface area contributed by atoms with Crippen molar-refractivity contribution in [2.75, 3.05) is 0 Å². The predicted octanol–water partition coefficient (Wildman–Crippen LogP) is 5.95. The summed E-state index contributed by atoms with van der Waals surface area (Å²) in [6.45, 7) is 5.30. The van der Waals surface area contributed by atoms with Crippen LogP contribution in [0.4, 0.5) is 0 Å². The summed E-state index contributed by atoms with van der Waals surface area (Å²) in [5.41, 5.74) is 0. The van der Waals surface area contributed by atoms with Crippen LogP contribution < -0.4 is 5.32 Å². The van der Waals surface area contributed by atoms with Crippen LogP contribution in [0.2, 0.25) is 0 Å². The summed E-state index contributed by atoms with van der Waals surface area (Å²) >= 11 is 0. The minimum Gasteiger partial charge on any atom is -0.347 e. The van der Waals surface area contributed by atoms with Gasteiger partial charge < -0.3 is 5.32 Å². The number of nitrogens with one attached hydrogen (secondary N) is 1. The van der Waals surface area contributed by atoms with E-state index in [0.717, 1.165) is 12.8 Å². The molecule has 0 heterocycles. The van der Waals surface area contributed by atoms with Gasteiger partial charge in [-0.2, -0.15) is 0 Å². The molecule has 0 aromatic carbocycles. The van der Waals surface area contributed by atoms with Crippen LogP contribution in [0.25, 0.3) is 0 Å². The van der Waals surface area contributed by atoms with E-state index in [1.165, 1.54) is 90.4 Å². The maximum atomic E-state index is 11.4. The molecule has 0 aliphatic heterocycles. The minimum absolute atomic E-state index is 0.0693. The molecule has 0 bridgehead atoms. The van der Waals surface area contributed by atoms with Crippen molar-refractivity contribution >= 4 is 11.7 Å². The van der Waals surface area contributed by atoms with Crippen molar-refractivity contribution in [3.63, 3.8) is 0 Å². The average Bonchev–Trinajstić information content (AvgIpc) is 2.53. The molecule has 0 fully saturated rings. The second kappa shape index (κ2) is 17.0. The number of Topliss-reactive ketones (excluding diaryl/α,β-unsaturated/α-hetero) is 1. The first-order chi connectivity index (χ1) is 11.6. The SMILES string of the molecule is CCCCCCCCCCCCCCCCC(NC(C)=O)C(C)=O. The molecule has 0 radical (unpaired) electrons. The standard InChI is InChI=1S/C21H41NO2/c1-4-5-6-7-8-9-10-11-12-13-14-15-16-17-18-21(19(2)23)22-20(3)24/h21H,4-18H2,1-3H3,(H,22,24). The van der Waals surface area contributed by atoms with E-state index < -0.39 is 0 Å². The highest BCUT2D eigenvalue weighted by atomic mass is 16.2. The molecule has 3 heteroatoms. The van der Waals surface area contributed by atoms with Crippen LogP contribution in [0.5, 0.6) is 0 Å². The van der Waals surface area contributed by atoms with Crippen LogP contribution in [-0.2, 0) is 9.59 Å². The third-order valence-corrected chi connectivity index (χ3v) is 4.71. The molecule has 0 aromatic rings. The van der Waals surface area contributed by atoms with Gasteiger partial charge in [-0.15, -0.1) is 0 Å². The number of carbonyl (C=O) groups excluding carboxylic acids is 2. The lowest BCUT2D eigenvalue weighted by Crippen LogP contribution is -2.38. The second-order valence-corrected chi connectivity index (χ2v) is 7.25. The molecule has 0 rings (SSSR count). The zero-order valence-corrected chi connectivity index (χ0v) is 16.5. The summed E-state index contributed by atoms with van der Waals surface area (Å²) in [5, 5.41) is 2.74. The number of carbonyl (C=O) groups is 2. The summed E-state index contributed by atoms with van der Waals surface area (Å²) in [6, 6.07) is -0.278. The van der Waals surface area contributed by atoms with Gasteiger partial charge >= 0.3 is 0 Å². The van der Waals surface area contributed by atoms with Crippen molar-refractivity contribution in [1.82, 2.24) is 5.32 Å². The third kappa shape index (κ3) is 16.0. The molecule has 0 saturated heterocycles. The second-order valence-electron chi connectivity index (χ2n) is 7.25. The van der Waals surface area contributed by atoms with E-state index >= 15 is 0 Å². The van der Waals surface area contributed by atoms with Crippen molar-refractivity contribution in [1.29, 1.82) is 0 Å². The van der Waals surface area contributed by atoms with E-state index in [9.17, 15) is 9.59 Å². The Morgan fingerprint density at radius 2 is 1.04 bits per heavy atom. The smallest absolute Gasteiger partial charge is 0.217 e. The summed E-state index contributed by atoms with van der Waals surface area (Å²) < 4.78 is 0. The summed E-state index contributed by atoms with van der Waals surface area (Å²) in [4.78, 5) is 22.5. The molecule has 0 aromatic heterocycles. The third-order valence-electron chi connectivity index (χ3n) is 4.71. The number of hydrogen-bond donors (Lipinski definition) is 1. The van der Waals surface area contributed by atoms with Crippen LogP contribution in [0.15, 0.2) is 0 Å². The van der Waals surface area contributed by atoms with Gasteiger partial charge in [0.2, 0.25) is 5.91 Å². The zero-order valence-electron chi connectivity index (χ0n) is 16.5. The molecule has 0 aliphatic rings. The van der Waals surface area contributed by atoms with Gasteiger partial charge in [0.15, 0.2) is 5.78 Å². The Morgan fingerprint density at radius 3 is 1.38 bits per heavy atom. The van der Waals surface area contributed by atoms with Crippen LogP contribution in [0.1, 0.15) is 117 Å². The van der Waals surface area contributed by atoms with Crippen molar-refractivity contribution in [2.24, 2.45) is 0 Å². The number of hydrogen-bond acceptors (Lipinski definition) is 2. The van der Waals surface area contributed by atoms with Gasteiger partial charge in [0.1, 0.15) is 0 Å². The maximum Gasteiger partial charge on any atom is 0.217 e. The Bertz CT molecular complexity index is 315. The van der Waals surface area contributed by atoms with Crippen molar-refractivity contribution in [3.8, 4) is 0 Å². The molecule has 0 saturated carbocycles. The topological polar surface area (TPSA) is 46.2 Å². The number of unbranched alkanes of at least 4 members (excludes halogenated alkanes) is 13. The molecule has 0 aliphatic carbocycles. The normalized spacial score (nSPS) is 12.1. The minimum atomic E-state index is -0.278. The fourth-order valence-corrected chi connectivity index (χ4v) is 3.17. The monoisotopic (exact) mass is 339 g/mol. The largest absolute Gasteiger partial charge is 0.347 e. The van der Waals surface area contributed by atoms with Crippen LogP contribution in [0.3, 0.4) is 0 Å². The molecule has 3 nitrogen and oxygen atoms in total. The molecule has 1 atom stereocenters. The fourth-order valence-electron chi connectivity index (χ4n) is 3.17. The van der Waals surface area contributed by atoms with Crippen molar-refractivity contribution in [3.05, 3.63) is 0 Å². The average molecular weight is 340 g/mol. The molecule has 1 N–H and O–H groups in total. The Labute approximate surface area is 150 Å². The van der Waals surface area contributed by atoms with Gasteiger partial charge in [-0.25, -0.2) is 0 Å². The van der Waals surface area contributed by atoms with E-state index in [1.54, 1.807) is 6.92 Å². The first-order valence-corrected chi connectivity index (χ1v) is 10.4. The van der Waals surface area contributed by atoms with Gasteiger partial charge in [0.05, 0.1) is 6.04 Å². The Balaban J connectivity index is 3.30. The van der Waals surface area contributed by atoms with Crippen LogP contribution >= 0.6 is 0 Å². The number of amides is 1. The number of ketones is 1. The molecule has 24 heavy (non-hydrogen) atoms. The predicted molar refractivity (Wildman–Crippen MR) is 103 cm³/mol. The highest BCUT2D eigenvalue weighted by molar-refractivity contribution is 5.86. The van der Waals surface area contributed by atoms with Crippen molar-refractivity contribution < 1.29 is 9.59 Å². The van der Waals surface area contributed by atoms with E-state index in [1.807, 2.05) is 0 Å². The summed E-state index contributed by atoms with van der Waals surface area (Å²) in [5.74, 6) is -0.0412. The zero-order chi connectivity index (χ0) is 18.0. The highest BCUT2D eigenvalue weighted by Gasteiger charge is 2.13. The first kappa shape index (κ1) is 23.1. The van der Waals surface area contributed by atoms with Gasteiger partial charge in [-0.3, -0.25) is 9.59 Å². The molecular weight excluding hydrogens is 298 g/mol. The van der Waals surface area contributed by atoms with Crippen LogP contribution in [0, 0.1) is 0 Å². The molecule has 1 amide bonds. The van der Waals surface area contributed by atoms with Crippen LogP contribution in [-0.4, -0.2) is 17.7 Å². The van der Waals surface area contributed by atoms with E-state index in [4.69, 9.17) is 0 Å². The summed E-state index contributed by atoms with van der Waals surface area (Å²) in [7, 11) is 0. The first-order valence-electron chi connectivity index (χ1n) is 10.4. The summed E-state index contributed by atoms with van der Waals surface area (Å²) in [6.07, 6.45) is 19.5. The number of rotatable bonds is 17. The van der Waals surface area contributed by atoms with Gasteiger partial charge in [0.25, 0.3) is 0 Å². The lowest BCUT2D eigenvalue weighted by molar-refractivity contribution is -0.125. The quantitative estimate of drug-likeness (QED) is 0.333. The van der Waals surface area contributed by atoms with E-state index in [-0.39, 0.29) is 17.7 Å². The van der Waals surface area contributed by atoms with Gasteiger partial charge in [0, 0.05) is 6.92 Å². The lowest BCUT2D eigenvalue weighted by atomic mass is 10.0. The molecule has 0 spiro atoms. The van der Waals surface area contributed by atoms with Gasteiger partial charge in [-0.1, -0.05) is 96.8 Å².